The fraction of sp³-hybridized carbons (Fsp3) is 0.300. The number of ether oxygens (including phenoxy) is 2. The molecule has 1 amide bonds. The molecule has 2 rings (SSSR count). The molecular formula is C20H22N2O6. The first kappa shape index (κ1) is 20.9. The van der Waals surface area contributed by atoms with Crippen molar-refractivity contribution in [2.45, 2.75) is 27.2 Å². The van der Waals surface area contributed by atoms with Gasteiger partial charge in [-0.25, -0.2) is 0 Å². The number of carbonyl (C=O) groups excluding carboxylic acids is 2. The Morgan fingerprint density at radius 2 is 1.71 bits per heavy atom. The lowest BCUT2D eigenvalue weighted by Gasteiger charge is -2.10. The molecule has 0 radical (unpaired) electrons. The molecule has 0 aromatic heterocycles. The van der Waals surface area contributed by atoms with Crippen LogP contribution in [0, 0.1) is 30.9 Å². The fourth-order valence-corrected chi connectivity index (χ4v) is 2.34. The number of nitro groups is 1. The molecule has 0 saturated heterocycles. The molecule has 0 aliphatic carbocycles. The molecule has 148 valence electrons. The van der Waals surface area contributed by atoms with Crippen LogP contribution in [0.25, 0.3) is 0 Å². The molecule has 0 aliphatic rings. The first-order valence-corrected chi connectivity index (χ1v) is 8.67. The highest BCUT2D eigenvalue weighted by atomic mass is 16.6. The highest BCUT2D eigenvalue weighted by Crippen LogP contribution is 2.27. The van der Waals surface area contributed by atoms with Crippen LogP contribution in [0.4, 0.5) is 11.4 Å². The first-order valence-electron chi connectivity index (χ1n) is 8.67. The number of anilines is 1. The van der Waals surface area contributed by atoms with Crippen LogP contribution in [0.1, 0.15) is 23.1 Å². The minimum absolute atomic E-state index is 0.0229. The van der Waals surface area contributed by atoms with E-state index in [2.05, 4.69) is 5.32 Å². The van der Waals surface area contributed by atoms with Crippen LogP contribution in [-0.4, -0.2) is 30.0 Å². The van der Waals surface area contributed by atoms with Crippen molar-refractivity contribution in [2.24, 2.45) is 0 Å². The number of hydrogen-bond acceptors (Lipinski definition) is 6. The molecule has 8 nitrogen and oxygen atoms in total. The summed E-state index contributed by atoms with van der Waals surface area (Å²) in [4.78, 5) is 34.3. The lowest BCUT2D eigenvalue weighted by Crippen LogP contribution is -2.22. The van der Waals surface area contributed by atoms with E-state index in [1.807, 2.05) is 19.1 Å². The maximum absolute atomic E-state index is 12.0. The van der Waals surface area contributed by atoms with E-state index >= 15 is 0 Å². The summed E-state index contributed by atoms with van der Waals surface area (Å²) >= 11 is 0. The predicted octanol–water partition coefficient (Wildman–Crippen LogP) is 3.47. The summed E-state index contributed by atoms with van der Waals surface area (Å²) in [5.41, 5.74) is 2.49. The molecule has 1 N–H and O–H groups in total. The molecule has 8 heteroatoms. The predicted molar refractivity (Wildman–Crippen MR) is 103 cm³/mol. The van der Waals surface area contributed by atoms with Crippen molar-refractivity contribution in [3.8, 4) is 5.75 Å². The van der Waals surface area contributed by atoms with Gasteiger partial charge in [-0.1, -0.05) is 17.7 Å². The second-order valence-electron chi connectivity index (χ2n) is 6.33. The third kappa shape index (κ3) is 6.08. The molecule has 0 fully saturated rings. The number of esters is 1. The Bertz CT molecular complexity index is 877. The Morgan fingerprint density at radius 3 is 2.36 bits per heavy atom. The number of nitrogens with zero attached hydrogens (tertiary/aromatic N) is 1. The van der Waals surface area contributed by atoms with E-state index in [0.717, 1.165) is 16.7 Å². The van der Waals surface area contributed by atoms with E-state index in [1.54, 1.807) is 26.0 Å². The molecule has 2 aromatic carbocycles. The van der Waals surface area contributed by atoms with Gasteiger partial charge in [-0.05, 0) is 50.1 Å². The summed E-state index contributed by atoms with van der Waals surface area (Å²) in [6.07, 6.45) is -0.0229. The number of benzene rings is 2. The van der Waals surface area contributed by atoms with E-state index in [-0.39, 0.29) is 24.4 Å². The molecule has 0 heterocycles. The molecule has 0 atom stereocenters. The Morgan fingerprint density at radius 1 is 1.07 bits per heavy atom. The smallest absolute Gasteiger partial charge is 0.309 e. The van der Waals surface area contributed by atoms with Gasteiger partial charge < -0.3 is 14.8 Å². The van der Waals surface area contributed by atoms with Gasteiger partial charge in [0.05, 0.1) is 18.0 Å². The number of aryl methyl sites for hydroxylation is 3. The van der Waals surface area contributed by atoms with Gasteiger partial charge in [0, 0.05) is 6.07 Å². The van der Waals surface area contributed by atoms with Crippen LogP contribution in [0.3, 0.4) is 0 Å². The van der Waals surface area contributed by atoms with Gasteiger partial charge in [0.25, 0.3) is 11.6 Å². The average Bonchev–Trinajstić information content (AvgIpc) is 2.64. The SMILES string of the molecule is Cc1ccc(OCCC(=O)OCC(=O)Nc2cc(C)c(C)cc2[N+](=O)[O-])cc1. The molecule has 0 spiro atoms. The molecular weight excluding hydrogens is 364 g/mol. The number of amides is 1. The van der Waals surface area contributed by atoms with Crippen LogP contribution < -0.4 is 10.1 Å². The molecule has 2 aromatic rings. The maximum atomic E-state index is 12.0. The van der Waals surface area contributed by atoms with Gasteiger partial charge in [-0.3, -0.25) is 19.7 Å². The molecule has 0 aliphatic heterocycles. The molecule has 0 bridgehead atoms. The minimum atomic E-state index is -0.654. The third-order valence-corrected chi connectivity index (χ3v) is 4.04. The Balaban J connectivity index is 1.80. The number of hydrogen-bond donors (Lipinski definition) is 1. The second kappa shape index (κ2) is 9.50. The van der Waals surface area contributed by atoms with Crippen LogP contribution >= 0.6 is 0 Å². The molecule has 0 saturated carbocycles. The topological polar surface area (TPSA) is 108 Å². The zero-order chi connectivity index (χ0) is 20.7. The van der Waals surface area contributed by atoms with E-state index in [1.165, 1.54) is 12.1 Å². The number of nitro benzene ring substituents is 1. The largest absolute Gasteiger partial charge is 0.493 e. The van der Waals surface area contributed by atoms with Crippen molar-refractivity contribution in [3.05, 3.63) is 63.2 Å². The molecule has 0 unspecified atom stereocenters. The zero-order valence-corrected chi connectivity index (χ0v) is 16.0. The summed E-state index contributed by atoms with van der Waals surface area (Å²) in [6, 6.07) is 10.3. The Kier molecular flexibility index (Phi) is 7.08. The molecule has 28 heavy (non-hydrogen) atoms. The van der Waals surface area contributed by atoms with Gasteiger partial charge >= 0.3 is 5.97 Å². The van der Waals surface area contributed by atoms with E-state index in [9.17, 15) is 19.7 Å². The van der Waals surface area contributed by atoms with Crippen LogP contribution in [0.15, 0.2) is 36.4 Å². The quantitative estimate of drug-likeness (QED) is 0.423. The Labute approximate surface area is 162 Å². The summed E-state index contributed by atoms with van der Waals surface area (Å²) in [5, 5.41) is 13.6. The van der Waals surface area contributed by atoms with Gasteiger partial charge in [0.1, 0.15) is 11.4 Å². The maximum Gasteiger partial charge on any atom is 0.309 e. The highest BCUT2D eigenvalue weighted by molar-refractivity contribution is 5.95. The van der Waals surface area contributed by atoms with Gasteiger partial charge in [0.2, 0.25) is 0 Å². The van der Waals surface area contributed by atoms with E-state index in [0.29, 0.717) is 5.75 Å². The highest BCUT2D eigenvalue weighted by Gasteiger charge is 2.18. The van der Waals surface area contributed by atoms with Crippen LogP contribution in [0.5, 0.6) is 5.75 Å². The summed E-state index contributed by atoms with van der Waals surface area (Å²) in [7, 11) is 0. The summed E-state index contributed by atoms with van der Waals surface area (Å²) in [5.74, 6) is -0.616. The summed E-state index contributed by atoms with van der Waals surface area (Å²) in [6.45, 7) is 5.06. The monoisotopic (exact) mass is 386 g/mol. The zero-order valence-electron chi connectivity index (χ0n) is 16.0. The van der Waals surface area contributed by atoms with Gasteiger partial charge in [-0.15, -0.1) is 0 Å². The van der Waals surface area contributed by atoms with Crippen molar-refractivity contribution in [2.75, 3.05) is 18.5 Å². The first-order chi connectivity index (χ1) is 13.3. The third-order valence-electron chi connectivity index (χ3n) is 4.04. The van der Waals surface area contributed by atoms with Gasteiger partial charge in [-0.2, -0.15) is 0 Å². The number of rotatable bonds is 8. The second-order valence-corrected chi connectivity index (χ2v) is 6.33. The van der Waals surface area contributed by atoms with E-state index in [4.69, 9.17) is 9.47 Å². The fourth-order valence-electron chi connectivity index (χ4n) is 2.34. The number of carbonyl (C=O) groups is 2. The average molecular weight is 386 g/mol. The standard InChI is InChI=1S/C20H22N2O6/c1-13-4-6-16(7-5-13)27-9-8-20(24)28-12-19(23)21-17-10-14(2)15(3)11-18(17)22(25)26/h4-7,10-11H,8-9,12H2,1-3H3,(H,21,23). The van der Waals surface area contributed by atoms with Crippen molar-refractivity contribution >= 4 is 23.3 Å². The lowest BCUT2D eigenvalue weighted by atomic mass is 10.1. The van der Waals surface area contributed by atoms with Gasteiger partial charge in [0.15, 0.2) is 6.61 Å². The van der Waals surface area contributed by atoms with E-state index < -0.39 is 23.4 Å². The van der Waals surface area contributed by atoms with Crippen LogP contribution in [-0.2, 0) is 14.3 Å². The van der Waals surface area contributed by atoms with Crippen LogP contribution in [0.2, 0.25) is 0 Å². The van der Waals surface area contributed by atoms with Crippen molar-refractivity contribution in [1.29, 1.82) is 0 Å². The van der Waals surface area contributed by atoms with Crippen molar-refractivity contribution < 1.29 is 24.0 Å². The number of nitrogens with one attached hydrogen (secondary N) is 1. The Hall–Kier alpha value is -3.42. The van der Waals surface area contributed by atoms with Crippen molar-refractivity contribution in [1.82, 2.24) is 0 Å². The summed E-state index contributed by atoms with van der Waals surface area (Å²) < 4.78 is 10.3. The lowest BCUT2D eigenvalue weighted by molar-refractivity contribution is -0.384. The minimum Gasteiger partial charge on any atom is -0.493 e. The van der Waals surface area contributed by atoms with Crippen molar-refractivity contribution in [3.63, 3.8) is 0 Å². The normalized spacial score (nSPS) is 10.2.